The van der Waals surface area contributed by atoms with Gasteiger partial charge in [-0.05, 0) is 19.1 Å². The van der Waals surface area contributed by atoms with Crippen LogP contribution in [0.2, 0.25) is 0 Å². The van der Waals surface area contributed by atoms with E-state index in [0.29, 0.717) is 19.0 Å². The minimum absolute atomic E-state index is 0.299. The van der Waals surface area contributed by atoms with Gasteiger partial charge in [-0.1, -0.05) is 0 Å². The van der Waals surface area contributed by atoms with Gasteiger partial charge in [0.1, 0.15) is 23.0 Å². The van der Waals surface area contributed by atoms with Crippen molar-refractivity contribution in [3.05, 3.63) is 23.7 Å². The molecule has 0 saturated carbocycles. The molecule has 82 valence electrons. The lowest BCUT2D eigenvalue weighted by Crippen LogP contribution is -2.61. The highest BCUT2D eigenvalue weighted by atomic mass is 16.5. The van der Waals surface area contributed by atoms with Crippen LogP contribution in [0, 0.1) is 6.92 Å². The number of furan rings is 1. The van der Waals surface area contributed by atoms with Gasteiger partial charge in [0, 0.05) is 0 Å². The van der Waals surface area contributed by atoms with E-state index in [9.17, 15) is 4.79 Å². The van der Waals surface area contributed by atoms with E-state index in [1.165, 1.54) is 0 Å². The third-order valence-corrected chi connectivity index (χ3v) is 2.81. The SMILES string of the molecule is Cc1ccc(C2(C(N)C(=O)O)COC2)o1. The van der Waals surface area contributed by atoms with Crippen LogP contribution < -0.4 is 5.73 Å². The Labute approximate surface area is 86.8 Å². The topological polar surface area (TPSA) is 85.7 Å². The summed E-state index contributed by atoms with van der Waals surface area (Å²) in [5.41, 5.74) is 4.96. The summed E-state index contributed by atoms with van der Waals surface area (Å²) in [4.78, 5) is 10.9. The van der Waals surface area contributed by atoms with Crippen LogP contribution in [0.4, 0.5) is 0 Å². The highest BCUT2D eigenvalue weighted by Gasteiger charge is 2.51. The van der Waals surface area contributed by atoms with E-state index in [1.807, 2.05) is 6.92 Å². The summed E-state index contributed by atoms with van der Waals surface area (Å²) in [5, 5.41) is 8.93. The third kappa shape index (κ3) is 1.44. The second-order valence-corrected chi connectivity index (χ2v) is 3.88. The molecule has 0 radical (unpaired) electrons. The Bertz CT molecular complexity index is 381. The maximum absolute atomic E-state index is 10.9. The Kier molecular flexibility index (Phi) is 2.28. The summed E-state index contributed by atoms with van der Waals surface area (Å²) in [5.74, 6) is 0.308. The van der Waals surface area contributed by atoms with Crippen LogP contribution in [-0.2, 0) is 14.9 Å². The number of hydrogen-bond donors (Lipinski definition) is 2. The number of carboxylic acids is 1. The highest BCUT2D eigenvalue weighted by Crippen LogP contribution is 2.36. The lowest BCUT2D eigenvalue weighted by Gasteiger charge is -2.42. The number of rotatable bonds is 3. The maximum Gasteiger partial charge on any atom is 0.321 e. The normalized spacial score (nSPS) is 20.7. The zero-order valence-corrected chi connectivity index (χ0v) is 8.40. The molecule has 5 heteroatoms. The van der Waals surface area contributed by atoms with Gasteiger partial charge in [0.25, 0.3) is 0 Å². The van der Waals surface area contributed by atoms with Crippen LogP contribution in [-0.4, -0.2) is 30.3 Å². The Hall–Kier alpha value is -1.33. The van der Waals surface area contributed by atoms with Crippen LogP contribution in [0.1, 0.15) is 11.5 Å². The first-order valence-corrected chi connectivity index (χ1v) is 4.69. The number of ether oxygens (including phenoxy) is 1. The summed E-state index contributed by atoms with van der Waals surface area (Å²) in [6.45, 7) is 2.41. The lowest BCUT2D eigenvalue weighted by molar-refractivity contribution is -0.150. The summed E-state index contributed by atoms with van der Waals surface area (Å²) < 4.78 is 10.5. The third-order valence-electron chi connectivity index (χ3n) is 2.81. The van der Waals surface area contributed by atoms with Gasteiger partial charge in [0.05, 0.1) is 13.2 Å². The van der Waals surface area contributed by atoms with Crippen molar-refractivity contribution < 1.29 is 19.1 Å². The quantitative estimate of drug-likeness (QED) is 0.749. The molecule has 1 unspecified atom stereocenters. The summed E-state index contributed by atoms with van der Waals surface area (Å²) in [7, 11) is 0. The summed E-state index contributed by atoms with van der Waals surface area (Å²) >= 11 is 0. The van der Waals surface area contributed by atoms with E-state index in [1.54, 1.807) is 12.1 Å². The molecule has 0 aliphatic carbocycles. The van der Waals surface area contributed by atoms with Gasteiger partial charge >= 0.3 is 5.97 Å². The molecule has 1 aromatic heterocycles. The van der Waals surface area contributed by atoms with Gasteiger partial charge in [0.15, 0.2) is 0 Å². The van der Waals surface area contributed by atoms with Crippen molar-refractivity contribution in [3.63, 3.8) is 0 Å². The molecule has 3 N–H and O–H groups in total. The second kappa shape index (κ2) is 3.36. The van der Waals surface area contributed by atoms with E-state index in [4.69, 9.17) is 20.0 Å². The van der Waals surface area contributed by atoms with Crippen molar-refractivity contribution in [2.45, 2.75) is 18.4 Å². The molecule has 0 aromatic carbocycles. The first-order chi connectivity index (χ1) is 7.06. The molecular formula is C10H13NO4. The van der Waals surface area contributed by atoms with E-state index in [-0.39, 0.29) is 0 Å². The smallest absolute Gasteiger partial charge is 0.321 e. The number of carboxylic acid groups (broad SMARTS) is 1. The second-order valence-electron chi connectivity index (χ2n) is 3.88. The monoisotopic (exact) mass is 211 g/mol. The van der Waals surface area contributed by atoms with Gasteiger partial charge in [-0.25, -0.2) is 0 Å². The van der Waals surface area contributed by atoms with Gasteiger partial charge in [-0.15, -0.1) is 0 Å². The fourth-order valence-electron chi connectivity index (χ4n) is 1.74. The van der Waals surface area contributed by atoms with Crippen molar-refractivity contribution in [1.29, 1.82) is 0 Å². The zero-order valence-electron chi connectivity index (χ0n) is 8.40. The first-order valence-electron chi connectivity index (χ1n) is 4.69. The fourth-order valence-corrected chi connectivity index (χ4v) is 1.74. The largest absolute Gasteiger partial charge is 0.480 e. The molecule has 2 rings (SSSR count). The van der Waals surface area contributed by atoms with Crippen LogP contribution in [0.3, 0.4) is 0 Å². The number of hydrogen-bond acceptors (Lipinski definition) is 4. The number of nitrogens with two attached hydrogens (primary N) is 1. The highest BCUT2D eigenvalue weighted by molar-refractivity contribution is 5.76. The van der Waals surface area contributed by atoms with E-state index < -0.39 is 17.4 Å². The molecule has 15 heavy (non-hydrogen) atoms. The minimum atomic E-state index is -1.03. The fraction of sp³-hybridized carbons (Fsp3) is 0.500. The predicted octanol–water partition coefficient (Wildman–Crippen LogP) is 0.268. The van der Waals surface area contributed by atoms with Crippen molar-refractivity contribution in [2.75, 3.05) is 13.2 Å². The summed E-state index contributed by atoms with van der Waals surface area (Å²) in [6, 6.07) is 2.57. The van der Waals surface area contributed by atoms with E-state index >= 15 is 0 Å². The zero-order chi connectivity index (χ0) is 11.1. The Morgan fingerprint density at radius 3 is 2.60 bits per heavy atom. The molecule has 1 aliphatic heterocycles. The molecular weight excluding hydrogens is 198 g/mol. The molecule has 1 fully saturated rings. The Balaban J connectivity index is 2.33. The maximum atomic E-state index is 10.9. The minimum Gasteiger partial charge on any atom is -0.480 e. The van der Waals surface area contributed by atoms with E-state index in [0.717, 1.165) is 5.76 Å². The standard InChI is InChI=1S/C10H13NO4/c1-6-2-3-7(15-6)10(4-14-5-10)8(11)9(12)13/h2-3,8H,4-5,11H2,1H3,(H,12,13). The lowest BCUT2D eigenvalue weighted by atomic mass is 9.76. The van der Waals surface area contributed by atoms with Crippen molar-refractivity contribution in [1.82, 2.24) is 0 Å². The number of aliphatic carboxylic acids is 1. The Morgan fingerprint density at radius 1 is 1.60 bits per heavy atom. The summed E-state index contributed by atoms with van der Waals surface area (Å²) in [6.07, 6.45) is 0. The van der Waals surface area contributed by atoms with Gasteiger partial charge < -0.3 is 20.0 Å². The van der Waals surface area contributed by atoms with Crippen LogP contribution >= 0.6 is 0 Å². The molecule has 0 bridgehead atoms. The van der Waals surface area contributed by atoms with Crippen LogP contribution in [0.5, 0.6) is 0 Å². The molecule has 5 nitrogen and oxygen atoms in total. The van der Waals surface area contributed by atoms with Gasteiger partial charge in [-0.2, -0.15) is 0 Å². The molecule has 1 atom stereocenters. The van der Waals surface area contributed by atoms with Gasteiger partial charge in [-0.3, -0.25) is 4.79 Å². The first kappa shape index (κ1) is 10.2. The van der Waals surface area contributed by atoms with Crippen molar-refractivity contribution >= 4 is 5.97 Å². The molecule has 2 heterocycles. The predicted molar refractivity (Wildman–Crippen MR) is 51.6 cm³/mol. The van der Waals surface area contributed by atoms with Crippen molar-refractivity contribution in [3.8, 4) is 0 Å². The number of aryl methyl sites for hydroxylation is 1. The van der Waals surface area contributed by atoms with E-state index in [2.05, 4.69) is 0 Å². The Morgan fingerprint density at radius 2 is 2.27 bits per heavy atom. The van der Waals surface area contributed by atoms with Crippen LogP contribution in [0.25, 0.3) is 0 Å². The molecule has 0 amide bonds. The average molecular weight is 211 g/mol. The van der Waals surface area contributed by atoms with Gasteiger partial charge in [0.2, 0.25) is 0 Å². The van der Waals surface area contributed by atoms with Crippen molar-refractivity contribution in [2.24, 2.45) is 5.73 Å². The molecule has 1 aliphatic rings. The molecule has 0 spiro atoms. The average Bonchev–Trinajstić information content (AvgIpc) is 2.50. The molecule has 1 saturated heterocycles. The van der Waals surface area contributed by atoms with Crippen LogP contribution in [0.15, 0.2) is 16.5 Å². The number of carbonyl (C=O) groups is 1. The molecule has 1 aromatic rings.